The summed E-state index contributed by atoms with van der Waals surface area (Å²) in [5.74, 6) is -0.876. The number of aryl methyl sites for hydroxylation is 2. The molecule has 0 unspecified atom stereocenters. The summed E-state index contributed by atoms with van der Waals surface area (Å²) in [6.07, 6.45) is 2.42. The van der Waals surface area contributed by atoms with Gasteiger partial charge in [0.25, 0.3) is 0 Å². The molecule has 2 aromatic rings. The Morgan fingerprint density at radius 1 is 0.885 bits per heavy atom. The van der Waals surface area contributed by atoms with E-state index < -0.39 is 5.97 Å². The van der Waals surface area contributed by atoms with Gasteiger partial charge in [0.05, 0.1) is 5.56 Å². The smallest absolute Gasteiger partial charge is 0.335 e. The van der Waals surface area contributed by atoms with Gasteiger partial charge in [0, 0.05) is 9.79 Å². The topological polar surface area (TPSA) is 37.3 Å². The zero-order valence-electron chi connectivity index (χ0n) is 16.6. The van der Waals surface area contributed by atoms with Crippen LogP contribution in [0.2, 0.25) is 0 Å². The fraction of sp³-hybridized carbons (Fsp3) is 0.435. The van der Waals surface area contributed by atoms with E-state index >= 15 is 0 Å². The summed E-state index contributed by atoms with van der Waals surface area (Å²) < 4.78 is 0. The fourth-order valence-electron chi connectivity index (χ4n) is 3.83. The summed E-state index contributed by atoms with van der Waals surface area (Å²) in [6.45, 7) is 13.6. The normalized spacial score (nSPS) is 17.6. The first kappa shape index (κ1) is 19.0. The summed E-state index contributed by atoms with van der Waals surface area (Å²) in [5, 5.41) is 9.17. The lowest BCUT2D eigenvalue weighted by atomic mass is 9.63. The lowest BCUT2D eigenvalue weighted by Gasteiger charge is -2.42. The van der Waals surface area contributed by atoms with Gasteiger partial charge < -0.3 is 5.11 Å². The molecule has 26 heavy (non-hydrogen) atoms. The van der Waals surface area contributed by atoms with Gasteiger partial charge >= 0.3 is 5.97 Å². The molecule has 0 aromatic heterocycles. The fourth-order valence-corrected chi connectivity index (χ4v) is 4.82. The van der Waals surface area contributed by atoms with Crippen molar-refractivity contribution in [2.45, 2.75) is 75.0 Å². The van der Waals surface area contributed by atoms with E-state index in [1.165, 1.54) is 34.4 Å². The zero-order chi connectivity index (χ0) is 19.3. The predicted octanol–water partition coefficient (Wildman–Crippen LogP) is 6.50. The van der Waals surface area contributed by atoms with E-state index in [0.717, 1.165) is 10.5 Å². The van der Waals surface area contributed by atoms with Crippen LogP contribution in [0.3, 0.4) is 0 Å². The zero-order valence-corrected chi connectivity index (χ0v) is 17.4. The Bertz CT molecular complexity index is 878. The van der Waals surface area contributed by atoms with Crippen molar-refractivity contribution in [3.8, 4) is 0 Å². The van der Waals surface area contributed by atoms with Crippen molar-refractivity contribution in [2.24, 2.45) is 0 Å². The maximum atomic E-state index is 11.2. The number of benzene rings is 2. The van der Waals surface area contributed by atoms with Crippen LogP contribution in [0.1, 0.15) is 73.1 Å². The van der Waals surface area contributed by atoms with Crippen molar-refractivity contribution in [1.82, 2.24) is 0 Å². The standard InChI is InChI=1S/C23H28O2S/c1-14-11-16(21(24)25)7-8-19(14)26-20-13-18-17(12-15(20)2)22(3,4)9-10-23(18,5)6/h7-8,11-13H,9-10H2,1-6H3,(H,24,25). The molecule has 0 bridgehead atoms. The number of hydrogen-bond donors (Lipinski definition) is 1. The third-order valence-electron chi connectivity index (χ3n) is 5.79. The van der Waals surface area contributed by atoms with Crippen LogP contribution in [0.4, 0.5) is 0 Å². The summed E-state index contributed by atoms with van der Waals surface area (Å²) in [4.78, 5) is 13.5. The highest BCUT2D eigenvalue weighted by atomic mass is 32.2. The van der Waals surface area contributed by atoms with Gasteiger partial charge in [-0.05, 0) is 84.0 Å². The van der Waals surface area contributed by atoms with E-state index in [0.29, 0.717) is 5.56 Å². The number of fused-ring (bicyclic) bond motifs is 1. The Balaban J connectivity index is 2.04. The number of aromatic carboxylic acids is 1. The van der Waals surface area contributed by atoms with Crippen LogP contribution in [0.15, 0.2) is 40.1 Å². The molecule has 0 saturated carbocycles. The van der Waals surface area contributed by atoms with Gasteiger partial charge in [-0.3, -0.25) is 0 Å². The molecule has 1 N–H and O–H groups in total. The second-order valence-electron chi connectivity index (χ2n) is 8.82. The minimum atomic E-state index is -0.876. The second-order valence-corrected chi connectivity index (χ2v) is 9.90. The van der Waals surface area contributed by atoms with Crippen molar-refractivity contribution in [1.29, 1.82) is 0 Å². The summed E-state index contributed by atoms with van der Waals surface area (Å²) in [5.41, 5.74) is 5.99. The van der Waals surface area contributed by atoms with Crippen LogP contribution in [0.5, 0.6) is 0 Å². The first-order valence-electron chi connectivity index (χ1n) is 9.19. The highest BCUT2D eigenvalue weighted by molar-refractivity contribution is 7.99. The quantitative estimate of drug-likeness (QED) is 0.671. The highest BCUT2D eigenvalue weighted by Crippen LogP contribution is 2.48. The molecule has 0 amide bonds. The molecule has 3 rings (SSSR count). The Morgan fingerprint density at radius 3 is 1.96 bits per heavy atom. The van der Waals surface area contributed by atoms with Crippen LogP contribution >= 0.6 is 11.8 Å². The molecule has 0 spiro atoms. The molecular weight excluding hydrogens is 340 g/mol. The minimum Gasteiger partial charge on any atom is -0.478 e. The molecule has 0 radical (unpaired) electrons. The van der Waals surface area contributed by atoms with Gasteiger partial charge in [-0.1, -0.05) is 45.5 Å². The maximum Gasteiger partial charge on any atom is 0.335 e. The molecule has 2 aromatic carbocycles. The van der Waals surface area contributed by atoms with Gasteiger partial charge in [0.2, 0.25) is 0 Å². The molecule has 138 valence electrons. The van der Waals surface area contributed by atoms with E-state index in [-0.39, 0.29) is 10.8 Å². The molecule has 2 nitrogen and oxygen atoms in total. The van der Waals surface area contributed by atoms with Crippen LogP contribution < -0.4 is 0 Å². The van der Waals surface area contributed by atoms with Crippen molar-refractivity contribution >= 4 is 17.7 Å². The minimum absolute atomic E-state index is 0.191. The Labute approximate surface area is 161 Å². The van der Waals surface area contributed by atoms with E-state index in [1.54, 1.807) is 23.9 Å². The lowest BCUT2D eigenvalue weighted by Crippen LogP contribution is -2.34. The highest BCUT2D eigenvalue weighted by Gasteiger charge is 2.37. The van der Waals surface area contributed by atoms with Crippen molar-refractivity contribution in [2.75, 3.05) is 0 Å². The molecule has 0 aliphatic heterocycles. The van der Waals surface area contributed by atoms with Gasteiger partial charge in [-0.2, -0.15) is 0 Å². The number of carbonyl (C=O) groups is 1. The Kier molecular flexibility index (Phi) is 4.72. The first-order chi connectivity index (χ1) is 12.0. The van der Waals surface area contributed by atoms with Crippen LogP contribution in [-0.4, -0.2) is 11.1 Å². The van der Waals surface area contributed by atoms with Crippen LogP contribution in [0.25, 0.3) is 0 Å². The van der Waals surface area contributed by atoms with Gasteiger partial charge in [-0.25, -0.2) is 4.79 Å². The third-order valence-corrected chi connectivity index (χ3v) is 7.13. The predicted molar refractivity (Wildman–Crippen MR) is 109 cm³/mol. The van der Waals surface area contributed by atoms with Crippen LogP contribution in [-0.2, 0) is 10.8 Å². The number of carboxylic acid groups (broad SMARTS) is 1. The number of carboxylic acids is 1. The number of rotatable bonds is 3. The van der Waals surface area contributed by atoms with E-state index in [9.17, 15) is 4.79 Å². The Hall–Kier alpha value is -1.74. The van der Waals surface area contributed by atoms with Gasteiger partial charge in [0.15, 0.2) is 0 Å². The molecule has 0 saturated heterocycles. The average Bonchev–Trinajstić information content (AvgIpc) is 2.55. The summed E-state index contributed by atoms with van der Waals surface area (Å²) in [6, 6.07) is 10.1. The van der Waals surface area contributed by atoms with Gasteiger partial charge in [-0.15, -0.1) is 0 Å². The lowest BCUT2D eigenvalue weighted by molar-refractivity contribution is 0.0696. The third kappa shape index (κ3) is 3.42. The van der Waals surface area contributed by atoms with Crippen LogP contribution in [0, 0.1) is 13.8 Å². The molecule has 3 heteroatoms. The van der Waals surface area contributed by atoms with Crippen molar-refractivity contribution in [3.63, 3.8) is 0 Å². The monoisotopic (exact) mass is 368 g/mol. The molecule has 0 heterocycles. The van der Waals surface area contributed by atoms with Crippen molar-refractivity contribution < 1.29 is 9.90 Å². The molecular formula is C23H28O2S. The molecule has 0 atom stereocenters. The molecule has 1 aliphatic carbocycles. The molecule has 0 fully saturated rings. The van der Waals surface area contributed by atoms with Crippen molar-refractivity contribution in [3.05, 3.63) is 58.1 Å². The van der Waals surface area contributed by atoms with E-state index in [1.807, 2.05) is 13.0 Å². The first-order valence-corrected chi connectivity index (χ1v) is 10.0. The van der Waals surface area contributed by atoms with E-state index in [2.05, 4.69) is 46.8 Å². The largest absolute Gasteiger partial charge is 0.478 e. The average molecular weight is 369 g/mol. The molecule has 1 aliphatic rings. The SMILES string of the molecule is Cc1cc(C(=O)O)ccc1Sc1cc2c(cc1C)C(C)(C)CCC2(C)C. The Morgan fingerprint density at radius 2 is 1.42 bits per heavy atom. The number of hydrogen-bond acceptors (Lipinski definition) is 2. The second kappa shape index (κ2) is 6.45. The summed E-state index contributed by atoms with van der Waals surface area (Å²) in [7, 11) is 0. The summed E-state index contributed by atoms with van der Waals surface area (Å²) >= 11 is 1.74. The maximum absolute atomic E-state index is 11.2. The van der Waals surface area contributed by atoms with E-state index in [4.69, 9.17) is 5.11 Å². The van der Waals surface area contributed by atoms with Gasteiger partial charge in [0.1, 0.15) is 0 Å².